The van der Waals surface area contributed by atoms with Crippen molar-refractivity contribution in [2.75, 3.05) is 33.4 Å². The third kappa shape index (κ3) is 4.09. The van der Waals surface area contributed by atoms with Crippen LogP contribution in [-0.4, -0.2) is 39.4 Å². The van der Waals surface area contributed by atoms with Crippen LogP contribution in [0.1, 0.15) is 26.7 Å². The molecular weight excluding hydrogens is 188 g/mol. The summed E-state index contributed by atoms with van der Waals surface area (Å²) in [7, 11) is 2.02. The molecule has 0 amide bonds. The number of ether oxygens (including phenoxy) is 1. The molecule has 90 valence electrons. The van der Waals surface area contributed by atoms with Gasteiger partial charge < -0.3 is 15.4 Å². The van der Waals surface area contributed by atoms with Gasteiger partial charge in [0.1, 0.15) is 0 Å². The molecule has 0 aromatic heterocycles. The van der Waals surface area contributed by atoms with Crippen LogP contribution in [-0.2, 0) is 4.74 Å². The molecular formula is C12H26N2O. The highest BCUT2D eigenvalue weighted by atomic mass is 16.5. The Morgan fingerprint density at radius 3 is 2.60 bits per heavy atom. The van der Waals surface area contributed by atoms with Gasteiger partial charge >= 0.3 is 0 Å². The van der Waals surface area contributed by atoms with Crippen molar-refractivity contribution >= 4 is 0 Å². The molecule has 0 bridgehead atoms. The molecule has 0 spiro atoms. The topological polar surface area (TPSA) is 33.3 Å². The van der Waals surface area contributed by atoms with Crippen molar-refractivity contribution in [3.05, 3.63) is 0 Å². The Hall–Kier alpha value is -0.120. The lowest BCUT2D eigenvalue weighted by atomic mass is 10.0. The molecule has 2 N–H and O–H groups in total. The third-order valence-electron chi connectivity index (χ3n) is 3.56. The number of hydrogen-bond acceptors (Lipinski definition) is 3. The van der Waals surface area contributed by atoms with Gasteiger partial charge in [-0.3, -0.25) is 0 Å². The largest absolute Gasteiger partial charge is 0.379 e. The Morgan fingerprint density at radius 2 is 2.00 bits per heavy atom. The van der Waals surface area contributed by atoms with E-state index in [1.807, 2.05) is 7.05 Å². The van der Waals surface area contributed by atoms with Gasteiger partial charge in [0.15, 0.2) is 0 Å². The van der Waals surface area contributed by atoms with Crippen molar-refractivity contribution in [3.8, 4) is 0 Å². The highest BCUT2D eigenvalue weighted by Gasteiger charge is 2.26. The third-order valence-corrected chi connectivity index (χ3v) is 3.56. The van der Waals surface area contributed by atoms with Crippen molar-refractivity contribution in [2.24, 2.45) is 11.8 Å². The van der Waals surface area contributed by atoms with Crippen molar-refractivity contribution in [1.29, 1.82) is 0 Å². The molecule has 2 atom stereocenters. The average Bonchev–Trinajstić information content (AvgIpc) is 2.72. The number of likely N-dealkylation sites (N-methyl/N-ethyl adjacent to an activating group) is 1. The van der Waals surface area contributed by atoms with Gasteiger partial charge in [-0.1, -0.05) is 26.7 Å². The van der Waals surface area contributed by atoms with Gasteiger partial charge in [0, 0.05) is 18.5 Å². The van der Waals surface area contributed by atoms with E-state index in [4.69, 9.17) is 4.74 Å². The van der Waals surface area contributed by atoms with Gasteiger partial charge in [0.05, 0.1) is 13.2 Å². The summed E-state index contributed by atoms with van der Waals surface area (Å²) in [6, 6.07) is 0.541. The molecule has 0 aromatic rings. The van der Waals surface area contributed by atoms with E-state index in [1.54, 1.807) is 0 Å². The quantitative estimate of drug-likeness (QED) is 0.669. The van der Waals surface area contributed by atoms with Gasteiger partial charge in [-0.15, -0.1) is 0 Å². The van der Waals surface area contributed by atoms with Crippen LogP contribution in [0, 0.1) is 11.8 Å². The zero-order chi connectivity index (χ0) is 11.1. The Labute approximate surface area is 94.0 Å². The van der Waals surface area contributed by atoms with Crippen LogP contribution in [0.15, 0.2) is 0 Å². The molecule has 0 radical (unpaired) electrons. The van der Waals surface area contributed by atoms with Gasteiger partial charge in [0.25, 0.3) is 0 Å². The average molecular weight is 214 g/mol. The number of hydrogen-bond donors (Lipinski definition) is 2. The maximum atomic E-state index is 5.47. The Bertz CT molecular complexity index is 160. The fraction of sp³-hybridized carbons (Fsp3) is 1.00. The van der Waals surface area contributed by atoms with Gasteiger partial charge in [-0.2, -0.15) is 0 Å². The molecule has 0 saturated carbocycles. The monoisotopic (exact) mass is 214 g/mol. The van der Waals surface area contributed by atoms with E-state index in [0.717, 1.165) is 32.2 Å². The number of nitrogens with one attached hydrogen (secondary N) is 2. The molecule has 1 saturated heterocycles. The number of rotatable bonds is 7. The van der Waals surface area contributed by atoms with E-state index in [2.05, 4.69) is 24.5 Å². The first kappa shape index (κ1) is 12.9. The Kier molecular flexibility index (Phi) is 6.22. The first-order valence-electron chi connectivity index (χ1n) is 6.27. The molecule has 1 rings (SSSR count). The summed E-state index contributed by atoms with van der Waals surface area (Å²) in [4.78, 5) is 0. The maximum Gasteiger partial charge on any atom is 0.0623 e. The lowest BCUT2D eigenvalue weighted by Crippen LogP contribution is -2.39. The molecule has 0 aliphatic carbocycles. The summed E-state index contributed by atoms with van der Waals surface area (Å²) in [6.45, 7) is 8.55. The zero-order valence-electron chi connectivity index (χ0n) is 10.4. The maximum absolute atomic E-state index is 5.47. The standard InChI is InChI=1S/C12H26N2O/c1-4-10(5-2)6-14-7-11-8-15-9-12(11)13-3/h10-14H,4-9H2,1-3H3. The molecule has 0 aromatic carbocycles. The van der Waals surface area contributed by atoms with Gasteiger partial charge in [-0.05, 0) is 19.5 Å². The summed E-state index contributed by atoms with van der Waals surface area (Å²) in [5, 5.41) is 6.89. The lowest BCUT2D eigenvalue weighted by Gasteiger charge is -2.19. The van der Waals surface area contributed by atoms with Crippen LogP contribution in [0.3, 0.4) is 0 Å². The van der Waals surface area contributed by atoms with Crippen LogP contribution in [0.5, 0.6) is 0 Å². The minimum Gasteiger partial charge on any atom is -0.379 e. The summed E-state index contributed by atoms with van der Waals surface area (Å²) in [5.74, 6) is 1.48. The van der Waals surface area contributed by atoms with Gasteiger partial charge in [-0.25, -0.2) is 0 Å². The second-order valence-corrected chi connectivity index (χ2v) is 4.53. The second-order valence-electron chi connectivity index (χ2n) is 4.53. The van der Waals surface area contributed by atoms with E-state index >= 15 is 0 Å². The SMILES string of the molecule is CCC(CC)CNCC1COCC1NC. The van der Waals surface area contributed by atoms with E-state index in [0.29, 0.717) is 12.0 Å². The molecule has 2 unspecified atom stereocenters. The van der Waals surface area contributed by atoms with Crippen LogP contribution < -0.4 is 10.6 Å². The molecule has 15 heavy (non-hydrogen) atoms. The van der Waals surface area contributed by atoms with Crippen LogP contribution in [0.25, 0.3) is 0 Å². The summed E-state index contributed by atoms with van der Waals surface area (Å²) in [5.41, 5.74) is 0. The normalized spacial score (nSPS) is 26.4. The van der Waals surface area contributed by atoms with Gasteiger partial charge in [0.2, 0.25) is 0 Å². The van der Waals surface area contributed by atoms with E-state index in [-0.39, 0.29) is 0 Å². The molecule has 1 aliphatic rings. The lowest BCUT2D eigenvalue weighted by molar-refractivity contribution is 0.182. The fourth-order valence-electron chi connectivity index (χ4n) is 2.17. The fourth-order valence-corrected chi connectivity index (χ4v) is 2.17. The molecule has 1 aliphatic heterocycles. The van der Waals surface area contributed by atoms with E-state index in [1.165, 1.54) is 12.8 Å². The molecule has 3 nitrogen and oxygen atoms in total. The van der Waals surface area contributed by atoms with E-state index < -0.39 is 0 Å². The van der Waals surface area contributed by atoms with Crippen molar-refractivity contribution in [2.45, 2.75) is 32.7 Å². The highest BCUT2D eigenvalue weighted by Crippen LogP contribution is 2.12. The molecule has 3 heteroatoms. The minimum absolute atomic E-state index is 0.541. The first-order chi connectivity index (χ1) is 7.31. The summed E-state index contributed by atoms with van der Waals surface area (Å²) >= 11 is 0. The molecule has 1 fully saturated rings. The van der Waals surface area contributed by atoms with Crippen molar-refractivity contribution in [3.63, 3.8) is 0 Å². The van der Waals surface area contributed by atoms with Crippen molar-refractivity contribution in [1.82, 2.24) is 10.6 Å². The van der Waals surface area contributed by atoms with Crippen LogP contribution in [0.2, 0.25) is 0 Å². The second kappa shape index (κ2) is 7.20. The summed E-state index contributed by atoms with van der Waals surface area (Å²) < 4.78 is 5.47. The Balaban J connectivity index is 2.13. The first-order valence-corrected chi connectivity index (χ1v) is 6.27. The minimum atomic E-state index is 0.541. The van der Waals surface area contributed by atoms with Crippen LogP contribution in [0.4, 0.5) is 0 Å². The smallest absolute Gasteiger partial charge is 0.0623 e. The predicted octanol–water partition coefficient (Wildman–Crippen LogP) is 1.25. The molecule has 1 heterocycles. The zero-order valence-corrected chi connectivity index (χ0v) is 10.4. The summed E-state index contributed by atoms with van der Waals surface area (Å²) in [6.07, 6.45) is 2.56. The Morgan fingerprint density at radius 1 is 1.27 bits per heavy atom. The highest BCUT2D eigenvalue weighted by molar-refractivity contribution is 4.81. The van der Waals surface area contributed by atoms with E-state index in [9.17, 15) is 0 Å². The predicted molar refractivity (Wildman–Crippen MR) is 64.1 cm³/mol. The van der Waals surface area contributed by atoms with Crippen molar-refractivity contribution < 1.29 is 4.74 Å². The van der Waals surface area contributed by atoms with Crippen LogP contribution >= 0.6 is 0 Å².